The lowest BCUT2D eigenvalue weighted by Crippen LogP contribution is -2.65. The van der Waals surface area contributed by atoms with Crippen LogP contribution in [0.1, 0.15) is 324 Å². The first-order valence-electron chi connectivity index (χ1n) is 36.5. The number of quaternary nitrogens is 1. The molecule has 0 fully saturated rings. The lowest BCUT2D eigenvalue weighted by Gasteiger charge is -2.41. The molecule has 3 amide bonds. The number of hydrogen-bond acceptors (Lipinski definition) is 12. The standard InChI is InChI=1S/C70H142N4O12Si/c1-7-12-17-22-25-28-31-34-37-40-43-49-65(81)71-68(56-75,57-76)62-84-87(55-48-54-74(6,52-46-20-15-10-4)53-47-21-16-11-5,85-63-69(58-77,59-78)72-66(82)50-44-41-38-35-32-29-26-23-18-13-8-2)86-64-70(60-79,61-80)73-67(83)51-45-42-39-36-33-30-27-24-19-14-9-3/h75-80H,7-64H2,1-6H3,(H2-,71,72,73,81,82,83)/p+1. The van der Waals surface area contributed by atoms with Crippen molar-refractivity contribution in [1.82, 2.24) is 16.0 Å². The highest BCUT2D eigenvalue weighted by Gasteiger charge is 2.49. The third-order valence-corrected chi connectivity index (χ3v) is 20.8. The maximum absolute atomic E-state index is 13.7. The van der Waals surface area contributed by atoms with Crippen molar-refractivity contribution < 1.29 is 62.8 Å². The molecule has 16 nitrogen and oxygen atoms in total. The van der Waals surface area contributed by atoms with Crippen LogP contribution in [0, 0.1) is 0 Å². The van der Waals surface area contributed by atoms with Gasteiger partial charge < -0.3 is 64.4 Å². The van der Waals surface area contributed by atoms with Gasteiger partial charge in [0.15, 0.2) is 0 Å². The van der Waals surface area contributed by atoms with Crippen molar-refractivity contribution >= 4 is 26.5 Å². The summed E-state index contributed by atoms with van der Waals surface area (Å²) in [6, 6.07) is 0.129. The molecule has 0 heterocycles. The Balaban J connectivity index is 7.02. The van der Waals surface area contributed by atoms with Crippen molar-refractivity contribution in [3.63, 3.8) is 0 Å². The minimum Gasteiger partial charge on any atom is -0.394 e. The van der Waals surface area contributed by atoms with Gasteiger partial charge in [0.05, 0.1) is 86.1 Å². The zero-order valence-corrected chi connectivity index (χ0v) is 58.6. The molecule has 0 atom stereocenters. The van der Waals surface area contributed by atoms with Gasteiger partial charge >= 0.3 is 8.80 Å². The van der Waals surface area contributed by atoms with E-state index in [9.17, 15) is 45.0 Å². The van der Waals surface area contributed by atoms with Crippen LogP contribution in [0.5, 0.6) is 0 Å². The van der Waals surface area contributed by atoms with Gasteiger partial charge in [-0.05, 0) is 44.9 Å². The number of hydrogen-bond donors (Lipinski definition) is 9. The molecule has 9 N–H and O–H groups in total. The molecule has 0 bridgehead atoms. The quantitative estimate of drug-likeness (QED) is 0.0157. The van der Waals surface area contributed by atoms with Gasteiger partial charge in [0.25, 0.3) is 0 Å². The average Bonchev–Trinajstić information content (AvgIpc) is 3.54. The topological polar surface area (TPSA) is 236 Å². The van der Waals surface area contributed by atoms with E-state index in [0.29, 0.717) is 32.2 Å². The van der Waals surface area contributed by atoms with E-state index in [2.05, 4.69) is 57.6 Å². The van der Waals surface area contributed by atoms with Crippen LogP contribution in [0.25, 0.3) is 0 Å². The number of aliphatic hydroxyl groups is 6. The Labute approximate surface area is 535 Å². The third kappa shape index (κ3) is 44.4. The van der Waals surface area contributed by atoms with Gasteiger partial charge in [-0.3, -0.25) is 14.4 Å². The van der Waals surface area contributed by atoms with Crippen LogP contribution in [-0.4, -0.2) is 164 Å². The second-order valence-electron chi connectivity index (χ2n) is 26.9. The Morgan fingerprint density at radius 2 is 0.506 bits per heavy atom. The summed E-state index contributed by atoms with van der Waals surface area (Å²) in [6.07, 6.45) is 47.1. The van der Waals surface area contributed by atoms with Crippen LogP contribution in [0.15, 0.2) is 0 Å². The molecule has 87 heavy (non-hydrogen) atoms. The number of nitrogens with zero attached hydrogens (tertiary/aromatic N) is 1. The zero-order valence-electron chi connectivity index (χ0n) is 57.6. The monoisotopic (exact) mass is 1260 g/mol. The van der Waals surface area contributed by atoms with Gasteiger partial charge in [0, 0.05) is 31.7 Å². The maximum Gasteiger partial charge on any atom is 0.501 e. The van der Waals surface area contributed by atoms with E-state index in [1.165, 1.54) is 135 Å². The molecule has 0 spiro atoms. The largest absolute Gasteiger partial charge is 0.501 e. The molecule has 518 valence electrons. The van der Waals surface area contributed by atoms with Crippen molar-refractivity contribution in [2.45, 2.75) is 346 Å². The molecule has 0 aromatic rings. The van der Waals surface area contributed by atoms with Gasteiger partial charge in [-0.2, -0.15) is 0 Å². The Morgan fingerprint density at radius 1 is 0.310 bits per heavy atom. The van der Waals surface area contributed by atoms with Crippen LogP contribution in [-0.2, 0) is 27.7 Å². The first-order chi connectivity index (χ1) is 42.2. The minimum atomic E-state index is -4.37. The Kier molecular flexibility index (Phi) is 55.8. The summed E-state index contributed by atoms with van der Waals surface area (Å²) in [5.41, 5.74) is -5.07. The summed E-state index contributed by atoms with van der Waals surface area (Å²) >= 11 is 0. The number of rotatable bonds is 68. The summed E-state index contributed by atoms with van der Waals surface area (Å²) in [7, 11) is -2.09. The third-order valence-electron chi connectivity index (χ3n) is 18.0. The Morgan fingerprint density at radius 3 is 0.724 bits per heavy atom. The fraction of sp³-hybridized carbons (Fsp3) is 0.957. The van der Waals surface area contributed by atoms with E-state index < -0.39 is 84.9 Å². The fourth-order valence-corrected chi connectivity index (χ4v) is 14.4. The van der Waals surface area contributed by atoms with Crippen molar-refractivity contribution in [2.24, 2.45) is 0 Å². The molecule has 0 aromatic carbocycles. The molecule has 17 heteroatoms. The number of carbonyl (C=O) groups is 3. The van der Waals surface area contributed by atoms with Crippen LogP contribution in [0.3, 0.4) is 0 Å². The van der Waals surface area contributed by atoms with E-state index in [-0.39, 0.29) is 43.0 Å². The van der Waals surface area contributed by atoms with E-state index in [1.807, 2.05) is 0 Å². The SMILES string of the molecule is CCCCCCCCCCCCCC(=O)NC(CO)(CO)CO[Si](CCC[N+](C)(CCCCCC)CCCCCC)(OCC(CO)(CO)NC(=O)CCCCCCCCCCCCC)OCC(CO)(CO)NC(=O)CCCCCCCCCCCCC. The van der Waals surface area contributed by atoms with Gasteiger partial charge in [-0.1, -0.05) is 253 Å². The predicted molar refractivity (Wildman–Crippen MR) is 360 cm³/mol. The molecule has 0 unspecified atom stereocenters. The lowest BCUT2D eigenvalue weighted by molar-refractivity contribution is -0.910. The van der Waals surface area contributed by atoms with Crippen molar-refractivity contribution in [1.29, 1.82) is 0 Å². The Bertz CT molecular complexity index is 1410. The first kappa shape index (κ1) is 85.2. The number of nitrogens with one attached hydrogen (secondary N) is 3. The van der Waals surface area contributed by atoms with Crippen molar-refractivity contribution in [3.8, 4) is 0 Å². The van der Waals surface area contributed by atoms with Crippen LogP contribution in [0.2, 0.25) is 6.04 Å². The summed E-state index contributed by atoms with van der Waals surface area (Å²) in [4.78, 5) is 41.2. The summed E-state index contributed by atoms with van der Waals surface area (Å²) in [5.74, 6) is -1.07. The zero-order chi connectivity index (χ0) is 64.5. The molecule has 0 radical (unpaired) electrons. The maximum atomic E-state index is 13.7. The van der Waals surface area contributed by atoms with Gasteiger partial charge in [0.1, 0.15) is 16.6 Å². The van der Waals surface area contributed by atoms with Crippen molar-refractivity contribution in [2.75, 3.05) is 86.1 Å². The normalized spacial score (nSPS) is 12.6. The molecule has 0 aliphatic heterocycles. The Hall–Kier alpha value is -1.77. The molecule has 0 aliphatic carbocycles. The second-order valence-corrected chi connectivity index (χ2v) is 29.6. The van der Waals surface area contributed by atoms with E-state index in [4.69, 9.17) is 13.3 Å². The van der Waals surface area contributed by atoms with E-state index in [1.54, 1.807) is 0 Å². The van der Waals surface area contributed by atoms with Gasteiger partial charge in [-0.15, -0.1) is 0 Å². The molecular weight excluding hydrogens is 1120 g/mol. The molecule has 0 saturated heterocycles. The lowest BCUT2D eigenvalue weighted by atomic mass is 10.0. The van der Waals surface area contributed by atoms with Crippen LogP contribution < -0.4 is 16.0 Å². The highest BCUT2D eigenvalue weighted by Crippen LogP contribution is 2.27. The molecular formula is C70H143N4O12Si+. The highest BCUT2D eigenvalue weighted by molar-refractivity contribution is 6.60. The smallest absolute Gasteiger partial charge is 0.394 e. The van der Waals surface area contributed by atoms with E-state index in [0.717, 1.165) is 127 Å². The minimum absolute atomic E-state index is 0.129. The second kappa shape index (κ2) is 56.9. The number of aliphatic hydroxyl groups excluding tert-OH is 6. The number of carbonyl (C=O) groups excluding carboxylic acids is 3. The van der Waals surface area contributed by atoms with Crippen molar-refractivity contribution in [3.05, 3.63) is 0 Å². The van der Waals surface area contributed by atoms with Gasteiger partial charge in [-0.25, -0.2) is 0 Å². The van der Waals surface area contributed by atoms with Crippen LogP contribution >= 0.6 is 0 Å². The summed E-state index contributed by atoms with van der Waals surface area (Å²) in [6.45, 7) is 8.14. The highest BCUT2D eigenvalue weighted by atomic mass is 28.4. The number of unbranched alkanes of at least 4 members (excludes halogenated alkanes) is 36. The molecule has 0 rings (SSSR count). The summed E-state index contributed by atoms with van der Waals surface area (Å²) in [5, 5.41) is 75.2. The molecule has 0 aromatic heterocycles. The predicted octanol–water partition coefficient (Wildman–Crippen LogP) is 13.6. The molecule has 0 aliphatic rings. The average molecular weight is 1260 g/mol. The van der Waals surface area contributed by atoms with E-state index >= 15 is 0 Å². The fourth-order valence-electron chi connectivity index (χ4n) is 11.6. The van der Waals surface area contributed by atoms with Crippen LogP contribution in [0.4, 0.5) is 0 Å². The number of amides is 3. The molecule has 0 saturated carbocycles. The van der Waals surface area contributed by atoms with Gasteiger partial charge in [0.2, 0.25) is 17.7 Å². The summed E-state index contributed by atoms with van der Waals surface area (Å²) < 4.78 is 21.5. The first-order valence-corrected chi connectivity index (χ1v) is 38.4.